The molecule has 0 heterocycles. The Morgan fingerprint density at radius 3 is 2.85 bits per heavy atom. The summed E-state index contributed by atoms with van der Waals surface area (Å²) in [6, 6.07) is 5.35. The number of ether oxygens (including phenoxy) is 1. The second-order valence-corrected chi connectivity index (χ2v) is 4.98. The Morgan fingerprint density at radius 1 is 1.50 bits per heavy atom. The van der Waals surface area contributed by atoms with Gasteiger partial charge in [0.2, 0.25) is 0 Å². The molecule has 0 unspecified atom stereocenters. The van der Waals surface area contributed by atoms with E-state index in [1.165, 1.54) is 6.21 Å². The number of benzene rings is 1. The SMILES string of the molecule is CCCOc1ccc(/C=N/NC(=S)NC(C)C)c(O)c1. The van der Waals surface area contributed by atoms with Gasteiger partial charge in [-0.15, -0.1) is 0 Å². The van der Waals surface area contributed by atoms with Crippen LogP contribution in [0.15, 0.2) is 23.3 Å². The molecule has 0 aromatic heterocycles. The van der Waals surface area contributed by atoms with Gasteiger partial charge in [-0.1, -0.05) is 6.92 Å². The van der Waals surface area contributed by atoms with Crippen LogP contribution in [0, 0.1) is 0 Å². The van der Waals surface area contributed by atoms with Crippen molar-refractivity contribution in [3.05, 3.63) is 23.8 Å². The Labute approximate surface area is 125 Å². The fourth-order valence-corrected chi connectivity index (χ4v) is 1.69. The molecule has 6 heteroatoms. The average molecular weight is 295 g/mol. The molecule has 0 spiro atoms. The normalized spacial score (nSPS) is 10.8. The van der Waals surface area contributed by atoms with Crippen molar-refractivity contribution < 1.29 is 9.84 Å². The second kappa shape index (κ2) is 8.37. The number of rotatable bonds is 6. The molecule has 0 aliphatic rings. The van der Waals surface area contributed by atoms with E-state index in [9.17, 15) is 5.11 Å². The van der Waals surface area contributed by atoms with Gasteiger partial charge in [-0.2, -0.15) is 5.10 Å². The summed E-state index contributed by atoms with van der Waals surface area (Å²) in [4.78, 5) is 0. The molecule has 0 bridgehead atoms. The molecule has 0 fully saturated rings. The lowest BCUT2D eigenvalue weighted by Gasteiger charge is -2.09. The number of phenolic OH excluding ortho intramolecular Hbond substituents is 1. The first kappa shape index (κ1) is 16.2. The van der Waals surface area contributed by atoms with E-state index < -0.39 is 0 Å². The summed E-state index contributed by atoms with van der Waals surface area (Å²) in [5.41, 5.74) is 3.28. The zero-order valence-corrected chi connectivity index (χ0v) is 12.8. The monoisotopic (exact) mass is 295 g/mol. The van der Waals surface area contributed by atoms with Crippen molar-refractivity contribution in [1.29, 1.82) is 0 Å². The Hall–Kier alpha value is -1.82. The first-order valence-corrected chi connectivity index (χ1v) is 6.99. The zero-order valence-electron chi connectivity index (χ0n) is 12.0. The largest absolute Gasteiger partial charge is 0.507 e. The Kier molecular flexibility index (Phi) is 6.79. The van der Waals surface area contributed by atoms with Gasteiger partial charge in [-0.05, 0) is 44.6 Å². The number of hydrogen-bond donors (Lipinski definition) is 3. The van der Waals surface area contributed by atoms with Crippen molar-refractivity contribution in [2.45, 2.75) is 33.2 Å². The summed E-state index contributed by atoms with van der Waals surface area (Å²) in [6.45, 7) is 6.63. The minimum absolute atomic E-state index is 0.117. The summed E-state index contributed by atoms with van der Waals surface area (Å²) in [5, 5.41) is 17.3. The van der Waals surface area contributed by atoms with Crippen LogP contribution in [0.2, 0.25) is 0 Å². The van der Waals surface area contributed by atoms with Gasteiger partial charge in [-0.25, -0.2) is 0 Å². The Morgan fingerprint density at radius 2 is 2.25 bits per heavy atom. The van der Waals surface area contributed by atoms with E-state index in [4.69, 9.17) is 17.0 Å². The summed E-state index contributed by atoms with van der Waals surface area (Å²) in [5.74, 6) is 0.762. The maximum atomic E-state index is 9.85. The average Bonchev–Trinajstić information content (AvgIpc) is 2.37. The zero-order chi connectivity index (χ0) is 15.0. The first-order valence-electron chi connectivity index (χ1n) is 6.58. The van der Waals surface area contributed by atoms with Gasteiger partial charge in [0.1, 0.15) is 11.5 Å². The highest BCUT2D eigenvalue weighted by molar-refractivity contribution is 7.80. The van der Waals surface area contributed by atoms with E-state index in [0.717, 1.165) is 6.42 Å². The quantitative estimate of drug-likeness (QED) is 0.427. The van der Waals surface area contributed by atoms with Crippen LogP contribution < -0.4 is 15.5 Å². The van der Waals surface area contributed by atoms with Crippen LogP contribution in [0.4, 0.5) is 0 Å². The molecule has 110 valence electrons. The van der Waals surface area contributed by atoms with Crippen LogP contribution in [-0.2, 0) is 0 Å². The third-order valence-electron chi connectivity index (χ3n) is 2.26. The van der Waals surface area contributed by atoms with Gasteiger partial charge in [-0.3, -0.25) is 5.43 Å². The molecule has 0 saturated heterocycles. The summed E-state index contributed by atoms with van der Waals surface area (Å²) < 4.78 is 5.43. The number of nitrogens with zero attached hydrogens (tertiary/aromatic N) is 1. The van der Waals surface area contributed by atoms with Crippen molar-refractivity contribution in [1.82, 2.24) is 10.7 Å². The highest BCUT2D eigenvalue weighted by Crippen LogP contribution is 2.22. The number of phenols is 1. The maximum absolute atomic E-state index is 9.85. The Balaban J connectivity index is 2.57. The van der Waals surface area contributed by atoms with Crippen molar-refractivity contribution >= 4 is 23.5 Å². The van der Waals surface area contributed by atoms with Gasteiger partial charge >= 0.3 is 0 Å². The van der Waals surface area contributed by atoms with E-state index in [2.05, 4.69) is 15.8 Å². The molecular weight excluding hydrogens is 274 g/mol. The third-order valence-corrected chi connectivity index (χ3v) is 2.47. The van der Waals surface area contributed by atoms with Crippen LogP contribution in [-0.4, -0.2) is 29.1 Å². The standard InChI is InChI=1S/C14H21N3O2S/c1-4-7-19-12-6-5-11(13(18)8-12)9-15-17-14(20)16-10(2)3/h5-6,8-10,18H,4,7H2,1-3H3,(H2,16,17,20)/b15-9+. The van der Waals surface area contributed by atoms with Crippen molar-refractivity contribution in [3.8, 4) is 11.5 Å². The van der Waals surface area contributed by atoms with Crippen LogP contribution >= 0.6 is 12.2 Å². The van der Waals surface area contributed by atoms with Crippen LogP contribution in [0.25, 0.3) is 0 Å². The van der Waals surface area contributed by atoms with Crippen molar-refractivity contribution in [3.63, 3.8) is 0 Å². The van der Waals surface area contributed by atoms with E-state index >= 15 is 0 Å². The third kappa shape index (κ3) is 5.88. The smallest absolute Gasteiger partial charge is 0.187 e. The highest BCUT2D eigenvalue weighted by atomic mass is 32.1. The van der Waals surface area contributed by atoms with E-state index in [1.54, 1.807) is 18.2 Å². The van der Waals surface area contributed by atoms with Gasteiger partial charge < -0.3 is 15.2 Å². The predicted octanol–water partition coefficient (Wildman–Crippen LogP) is 2.39. The van der Waals surface area contributed by atoms with E-state index in [0.29, 0.717) is 23.0 Å². The molecular formula is C14H21N3O2S. The van der Waals surface area contributed by atoms with Crippen molar-refractivity contribution in [2.24, 2.45) is 5.10 Å². The lowest BCUT2D eigenvalue weighted by molar-refractivity contribution is 0.315. The summed E-state index contributed by atoms with van der Waals surface area (Å²) in [6.07, 6.45) is 2.43. The molecule has 0 amide bonds. The molecule has 1 rings (SSSR count). The van der Waals surface area contributed by atoms with Gasteiger partial charge in [0.25, 0.3) is 0 Å². The van der Waals surface area contributed by atoms with Gasteiger partial charge in [0, 0.05) is 17.7 Å². The molecule has 1 aromatic carbocycles. The fourth-order valence-electron chi connectivity index (χ4n) is 1.40. The second-order valence-electron chi connectivity index (χ2n) is 4.57. The molecule has 0 radical (unpaired) electrons. The minimum Gasteiger partial charge on any atom is -0.507 e. The van der Waals surface area contributed by atoms with E-state index in [-0.39, 0.29) is 11.8 Å². The topological polar surface area (TPSA) is 65.9 Å². The molecule has 0 saturated carbocycles. The fraction of sp³-hybridized carbons (Fsp3) is 0.429. The Bertz CT molecular complexity index is 475. The lowest BCUT2D eigenvalue weighted by atomic mass is 10.2. The van der Waals surface area contributed by atoms with Gasteiger partial charge in [0.15, 0.2) is 5.11 Å². The summed E-state index contributed by atoms with van der Waals surface area (Å²) in [7, 11) is 0. The molecule has 1 aromatic rings. The molecule has 20 heavy (non-hydrogen) atoms. The lowest BCUT2D eigenvalue weighted by Crippen LogP contribution is -2.36. The minimum atomic E-state index is 0.117. The maximum Gasteiger partial charge on any atom is 0.187 e. The predicted molar refractivity (Wildman–Crippen MR) is 85.5 cm³/mol. The highest BCUT2D eigenvalue weighted by Gasteiger charge is 2.01. The number of hydrogen-bond acceptors (Lipinski definition) is 4. The van der Waals surface area contributed by atoms with E-state index in [1.807, 2.05) is 20.8 Å². The molecule has 0 aliphatic carbocycles. The summed E-state index contributed by atoms with van der Waals surface area (Å²) >= 11 is 5.03. The number of aromatic hydroxyl groups is 1. The van der Waals surface area contributed by atoms with Crippen LogP contribution in [0.1, 0.15) is 32.8 Å². The van der Waals surface area contributed by atoms with Gasteiger partial charge in [0.05, 0.1) is 12.8 Å². The number of thiocarbonyl (C=S) groups is 1. The van der Waals surface area contributed by atoms with Crippen molar-refractivity contribution in [2.75, 3.05) is 6.61 Å². The van der Waals surface area contributed by atoms with Crippen LogP contribution in [0.5, 0.6) is 11.5 Å². The molecule has 0 atom stereocenters. The molecule has 5 nitrogen and oxygen atoms in total. The number of nitrogens with one attached hydrogen (secondary N) is 2. The molecule has 0 aliphatic heterocycles. The van der Waals surface area contributed by atoms with Crippen LogP contribution in [0.3, 0.4) is 0 Å². The number of hydrazone groups is 1. The molecule has 3 N–H and O–H groups in total. The first-order chi connectivity index (χ1) is 9.52.